The second-order valence-electron chi connectivity index (χ2n) is 10.9. The van der Waals surface area contributed by atoms with E-state index in [9.17, 15) is 9.59 Å². The van der Waals surface area contributed by atoms with Crippen molar-refractivity contribution in [3.05, 3.63) is 0 Å². The number of nitrogens with two attached hydrogens (primary N) is 1. The number of carbonyl (C=O) groups excluding carboxylic acids is 2. The van der Waals surface area contributed by atoms with E-state index in [4.69, 9.17) is 15.2 Å². The highest BCUT2D eigenvalue weighted by atomic mass is 16.5. The van der Waals surface area contributed by atoms with Crippen LogP contribution in [0.2, 0.25) is 0 Å². The van der Waals surface area contributed by atoms with Gasteiger partial charge in [-0.15, -0.1) is 0 Å². The van der Waals surface area contributed by atoms with Gasteiger partial charge < -0.3 is 20.1 Å². The van der Waals surface area contributed by atoms with Crippen molar-refractivity contribution in [2.45, 2.75) is 155 Å². The number of hydrogen-bond donors (Lipinski definition) is 1. The fraction of sp³-hybridized carbons (Fsp3) is 0.938. The molecule has 0 fully saturated rings. The van der Waals surface area contributed by atoms with Gasteiger partial charge in [0.15, 0.2) is 0 Å². The van der Waals surface area contributed by atoms with Crippen LogP contribution in [0.5, 0.6) is 0 Å². The van der Waals surface area contributed by atoms with Gasteiger partial charge >= 0.3 is 11.9 Å². The molecule has 2 N–H and O–H groups in total. The summed E-state index contributed by atoms with van der Waals surface area (Å²) in [5.74, 6) is -0.321. The molecule has 0 saturated heterocycles. The molecule has 226 valence electrons. The Morgan fingerprint density at radius 2 is 0.816 bits per heavy atom. The summed E-state index contributed by atoms with van der Waals surface area (Å²) in [7, 11) is 0. The second kappa shape index (κ2) is 30.4. The van der Waals surface area contributed by atoms with Gasteiger partial charge in [0.25, 0.3) is 0 Å². The minimum atomic E-state index is -0.161. The highest BCUT2D eigenvalue weighted by molar-refractivity contribution is 5.70. The number of hydrogen-bond acceptors (Lipinski definition) is 6. The molecule has 0 aromatic carbocycles. The summed E-state index contributed by atoms with van der Waals surface area (Å²) in [5, 5.41) is 0. The number of unbranched alkanes of at least 4 members (excludes halogenated alkanes) is 18. The summed E-state index contributed by atoms with van der Waals surface area (Å²) in [6, 6.07) is 0. The Hall–Kier alpha value is -1.14. The minimum absolute atomic E-state index is 0.161. The second-order valence-corrected chi connectivity index (χ2v) is 10.9. The smallest absolute Gasteiger partial charge is 0.307 e. The summed E-state index contributed by atoms with van der Waals surface area (Å²) < 4.78 is 10.8. The molecule has 6 nitrogen and oxygen atoms in total. The molecule has 0 bridgehead atoms. The SMILES string of the molecule is CCCCCCCCCCCCOC(=O)CCN(CCN)CCC(=O)OCCCCCCCCCCCC. The van der Waals surface area contributed by atoms with E-state index in [1.165, 1.54) is 103 Å². The lowest BCUT2D eigenvalue weighted by Gasteiger charge is -2.20. The average Bonchev–Trinajstić information content (AvgIpc) is 2.91. The quantitative estimate of drug-likeness (QED) is 0.0735. The number of esters is 2. The fourth-order valence-corrected chi connectivity index (χ4v) is 4.71. The molecule has 38 heavy (non-hydrogen) atoms. The first-order chi connectivity index (χ1) is 18.6. The van der Waals surface area contributed by atoms with Crippen LogP contribution in [0.3, 0.4) is 0 Å². The monoisotopic (exact) mass is 540 g/mol. The molecule has 0 amide bonds. The largest absolute Gasteiger partial charge is 0.466 e. The predicted octanol–water partition coefficient (Wildman–Crippen LogP) is 7.96. The molecular formula is C32H64N2O4. The fourth-order valence-electron chi connectivity index (χ4n) is 4.71. The molecule has 0 heterocycles. The van der Waals surface area contributed by atoms with Crippen molar-refractivity contribution in [2.24, 2.45) is 5.73 Å². The first-order valence-corrected chi connectivity index (χ1v) is 16.4. The molecular weight excluding hydrogens is 476 g/mol. The summed E-state index contributed by atoms with van der Waals surface area (Å²) in [4.78, 5) is 26.3. The Morgan fingerprint density at radius 3 is 1.13 bits per heavy atom. The van der Waals surface area contributed by atoms with Crippen molar-refractivity contribution in [3.63, 3.8) is 0 Å². The highest BCUT2D eigenvalue weighted by Gasteiger charge is 2.12. The third kappa shape index (κ3) is 27.9. The van der Waals surface area contributed by atoms with Gasteiger partial charge in [0, 0.05) is 26.2 Å². The van der Waals surface area contributed by atoms with Crippen LogP contribution in [0, 0.1) is 0 Å². The maximum atomic E-state index is 12.1. The van der Waals surface area contributed by atoms with E-state index < -0.39 is 0 Å². The van der Waals surface area contributed by atoms with Gasteiger partial charge in [0.05, 0.1) is 26.1 Å². The highest BCUT2D eigenvalue weighted by Crippen LogP contribution is 2.12. The molecule has 6 heteroatoms. The van der Waals surface area contributed by atoms with Crippen LogP contribution in [0.4, 0.5) is 0 Å². The van der Waals surface area contributed by atoms with E-state index in [1.807, 2.05) is 0 Å². The summed E-state index contributed by atoms with van der Waals surface area (Å²) in [6.45, 7) is 7.83. The van der Waals surface area contributed by atoms with Gasteiger partial charge in [-0.1, -0.05) is 129 Å². The number of rotatable bonds is 30. The summed E-state index contributed by atoms with van der Waals surface area (Å²) in [6.07, 6.45) is 26.0. The van der Waals surface area contributed by atoms with Gasteiger partial charge in [-0.3, -0.25) is 9.59 Å². The molecule has 0 spiro atoms. The van der Waals surface area contributed by atoms with Crippen molar-refractivity contribution >= 4 is 11.9 Å². The van der Waals surface area contributed by atoms with Gasteiger partial charge in [-0.05, 0) is 12.8 Å². The predicted molar refractivity (Wildman–Crippen MR) is 160 cm³/mol. The third-order valence-corrected chi connectivity index (χ3v) is 7.23. The molecule has 0 aliphatic heterocycles. The van der Waals surface area contributed by atoms with Crippen LogP contribution in [-0.2, 0) is 19.1 Å². The first-order valence-electron chi connectivity index (χ1n) is 16.4. The van der Waals surface area contributed by atoms with Crippen molar-refractivity contribution < 1.29 is 19.1 Å². The Labute approximate surface area is 236 Å². The lowest BCUT2D eigenvalue weighted by molar-refractivity contribution is -0.144. The maximum Gasteiger partial charge on any atom is 0.307 e. The van der Waals surface area contributed by atoms with Gasteiger partial charge in [0.2, 0.25) is 0 Å². The Balaban J connectivity index is 3.66. The molecule has 0 unspecified atom stereocenters. The third-order valence-electron chi connectivity index (χ3n) is 7.23. The average molecular weight is 541 g/mol. The zero-order valence-electron chi connectivity index (χ0n) is 25.5. The van der Waals surface area contributed by atoms with E-state index in [0.717, 1.165) is 25.7 Å². The van der Waals surface area contributed by atoms with Gasteiger partial charge in [-0.25, -0.2) is 0 Å². The lowest BCUT2D eigenvalue weighted by Crippen LogP contribution is -2.34. The normalized spacial score (nSPS) is 11.3. The molecule has 0 aliphatic rings. The van der Waals surface area contributed by atoms with Crippen LogP contribution in [0.1, 0.15) is 155 Å². The topological polar surface area (TPSA) is 81.9 Å². The van der Waals surface area contributed by atoms with Gasteiger partial charge in [-0.2, -0.15) is 0 Å². The minimum Gasteiger partial charge on any atom is -0.466 e. The molecule has 0 aromatic heterocycles. The maximum absolute atomic E-state index is 12.1. The van der Waals surface area contributed by atoms with E-state index in [-0.39, 0.29) is 11.9 Å². The van der Waals surface area contributed by atoms with Crippen LogP contribution in [-0.4, -0.2) is 56.2 Å². The number of carbonyl (C=O) groups is 2. The molecule has 0 aliphatic carbocycles. The molecule has 0 radical (unpaired) electrons. The van der Waals surface area contributed by atoms with E-state index in [0.29, 0.717) is 52.2 Å². The van der Waals surface area contributed by atoms with Gasteiger partial charge in [0.1, 0.15) is 0 Å². The van der Waals surface area contributed by atoms with Crippen molar-refractivity contribution in [3.8, 4) is 0 Å². The lowest BCUT2D eigenvalue weighted by atomic mass is 10.1. The molecule has 0 aromatic rings. The van der Waals surface area contributed by atoms with Crippen molar-refractivity contribution in [2.75, 3.05) is 39.4 Å². The van der Waals surface area contributed by atoms with E-state index >= 15 is 0 Å². The van der Waals surface area contributed by atoms with E-state index in [1.54, 1.807) is 0 Å². The summed E-state index contributed by atoms with van der Waals surface area (Å²) in [5.41, 5.74) is 5.72. The van der Waals surface area contributed by atoms with Crippen LogP contribution in [0.15, 0.2) is 0 Å². The number of ether oxygens (including phenoxy) is 2. The van der Waals surface area contributed by atoms with Crippen LogP contribution >= 0.6 is 0 Å². The van der Waals surface area contributed by atoms with Crippen molar-refractivity contribution in [1.29, 1.82) is 0 Å². The zero-order chi connectivity index (χ0) is 27.9. The van der Waals surface area contributed by atoms with Crippen LogP contribution in [0.25, 0.3) is 0 Å². The Bertz CT molecular complexity index is 474. The molecule has 0 atom stereocenters. The standard InChI is InChI=1S/C32H64N2O4/c1-3-5-7-9-11-13-15-17-19-21-29-37-31(35)23-26-34(28-25-33)27-24-32(36)38-30-22-20-18-16-14-12-10-8-6-4-2/h3-30,33H2,1-2H3. The Morgan fingerprint density at radius 1 is 0.500 bits per heavy atom. The zero-order valence-corrected chi connectivity index (χ0v) is 25.5. The number of nitrogens with zero attached hydrogens (tertiary/aromatic N) is 1. The molecule has 0 rings (SSSR count). The summed E-state index contributed by atoms with van der Waals surface area (Å²) >= 11 is 0. The molecule has 0 saturated carbocycles. The van der Waals surface area contributed by atoms with Crippen LogP contribution < -0.4 is 5.73 Å². The van der Waals surface area contributed by atoms with E-state index in [2.05, 4.69) is 18.7 Å². The Kier molecular flexibility index (Phi) is 29.5. The first kappa shape index (κ1) is 36.9. The van der Waals surface area contributed by atoms with Crippen molar-refractivity contribution in [1.82, 2.24) is 4.90 Å².